The Labute approximate surface area is 162 Å². The van der Waals surface area contributed by atoms with Crippen molar-refractivity contribution in [2.24, 2.45) is 0 Å². The van der Waals surface area contributed by atoms with Crippen molar-refractivity contribution in [2.75, 3.05) is 31.6 Å². The molecule has 2 aromatic heterocycles. The molecule has 1 fully saturated rings. The lowest BCUT2D eigenvalue weighted by atomic mass is 10.1. The van der Waals surface area contributed by atoms with E-state index in [1.807, 2.05) is 36.4 Å². The van der Waals surface area contributed by atoms with Gasteiger partial charge in [-0.05, 0) is 42.7 Å². The fraction of sp³-hybridized carbons (Fsp3) is 0.368. The first-order valence-corrected chi connectivity index (χ1v) is 9.30. The van der Waals surface area contributed by atoms with E-state index in [0.29, 0.717) is 12.2 Å². The highest BCUT2D eigenvalue weighted by molar-refractivity contribution is 5.74. The molecule has 3 aromatic rings. The molecule has 9 nitrogen and oxygen atoms in total. The molecule has 2 N–H and O–H groups in total. The number of fused-ring (bicyclic) bond motifs is 1. The predicted octanol–water partition coefficient (Wildman–Crippen LogP) is 1.25. The molecule has 0 aliphatic carbocycles. The molecule has 0 saturated carbocycles. The second kappa shape index (κ2) is 8.12. The monoisotopic (exact) mass is 381 g/mol. The Balaban J connectivity index is 1.22. The van der Waals surface area contributed by atoms with Crippen LogP contribution >= 0.6 is 0 Å². The van der Waals surface area contributed by atoms with Crippen LogP contribution in [0, 0.1) is 0 Å². The van der Waals surface area contributed by atoms with E-state index in [1.54, 1.807) is 18.0 Å². The van der Waals surface area contributed by atoms with E-state index in [-0.39, 0.29) is 12.1 Å². The van der Waals surface area contributed by atoms with Crippen LogP contribution in [0.4, 0.5) is 10.6 Å². The van der Waals surface area contributed by atoms with E-state index < -0.39 is 0 Å². The topological polar surface area (TPSA) is 96.7 Å². The van der Waals surface area contributed by atoms with Crippen molar-refractivity contribution in [2.45, 2.75) is 18.9 Å². The summed E-state index contributed by atoms with van der Waals surface area (Å²) in [5.41, 5.74) is 1.87. The number of aromatic nitrogens is 4. The normalized spacial score (nSPS) is 16.3. The van der Waals surface area contributed by atoms with E-state index >= 15 is 0 Å². The van der Waals surface area contributed by atoms with Crippen LogP contribution in [0.1, 0.15) is 12.0 Å². The second-order valence-corrected chi connectivity index (χ2v) is 6.76. The highest BCUT2D eigenvalue weighted by Crippen LogP contribution is 2.18. The summed E-state index contributed by atoms with van der Waals surface area (Å²) in [7, 11) is 1.65. The lowest BCUT2D eigenvalue weighted by molar-refractivity contribution is 0.238. The number of anilines is 1. The van der Waals surface area contributed by atoms with Gasteiger partial charge in [0, 0.05) is 25.7 Å². The number of rotatable bonds is 6. The SMILES string of the molecule is COc1ccc(CCNC(=O)NC2CCN(c3ccc4nncn4n3)C2)cc1. The maximum absolute atomic E-state index is 12.2. The van der Waals surface area contributed by atoms with Gasteiger partial charge in [0.1, 0.15) is 17.9 Å². The Bertz CT molecular complexity index is 941. The smallest absolute Gasteiger partial charge is 0.315 e. The van der Waals surface area contributed by atoms with Crippen LogP contribution in [0.15, 0.2) is 42.7 Å². The summed E-state index contributed by atoms with van der Waals surface area (Å²) in [5.74, 6) is 1.69. The third kappa shape index (κ3) is 4.13. The quantitative estimate of drug-likeness (QED) is 0.667. The minimum atomic E-state index is -0.136. The maximum Gasteiger partial charge on any atom is 0.315 e. The van der Waals surface area contributed by atoms with Gasteiger partial charge in [-0.25, -0.2) is 4.79 Å². The van der Waals surface area contributed by atoms with Crippen LogP contribution in [-0.4, -0.2) is 58.6 Å². The molecule has 9 heteroatoms. The molecular weight excluding hydrogens is 358 g/mol. The van der Waals surface area contributed by atoms with Gasteiger partial charge < -0.3 is 20.3 Å². The van der Waals surface area contributed by atoms with Gasteiger partial charge in [-0.1, -0.05) is 12.1 Å². The third-order valence-electron chi connectivity index (χ3n) is 4.85. The summed E-state index contributed by atoms with van der Waals surface area (Å²) in [6, 6.07) is 11.6. The minimum absolute atomic E-state index is 0.0967. The number of hydrogen-bond acceptors (Lipinski definition) is 6. The molecule has 1 saturated heterocycles. The Hall–Kier alpha value is -3.36. The molecular formula is C19H23N7O2. The largest absolute Gasteiger partial charge is 0.497 e. The zero-order chi connectivity index (χ0) is 19.3. The first kappa shape index (κ1) is 18.0. The number of benzene rings is 1. The number of nitrogens with zero attached hydrogens (tertiary/aromatic N) is 5. The number of methoxy groups -OCH3 is 1. The molecule has 2 amide bonds. The number of nitrogens with one attached hydrogen (secondary N) is 2. The molecule has 1 unspecified atom stereocenters. The predicted molar refractivity (Wildman–Crippen MR) is 105 cm³/mol. The van der Waals surface area contributed by atoms with Crippen molar-refractivity contribution in [3.05, 3.63) is 48.3 Å². The van der Waals surface area contributed by atoms with Crippen molar-refractivity contribution in [3.63, 3.8) is 0 Å². The number of ether oxygens (including phenoxy) is 1. The zero-order valence-corrected chi connectivity index (χ0v) is 15.7. The summed E-state index contributed by atoms with van der Waals surface area (Å²) in [6.07, 6.45) is 3.24. The van der Waals surface area contributed by atoms with Crippen molar-refractivity contribution in [1.82, 2.24) is 30.4 Å². The first-order chi connectivity index (χ1) is 13.7. The van der Waals surface area contributed by atoms with Crippen LogP contribution < -0.4 is 20.3 Å². The summed E-state index contributed by atoms with van der Waals surface area (Å²) in [6.45, 7) is 2.16. The Kier molecular flexibility index (Phi) is 5.22. The summed E-state index contributed by atoms with van der Waals surface area (Å²) in [5, 5.41) is 18.3. The summed E-state index contributed by atoms with van der Waals surface area (Å²) >= 11 is 0. The van der Waals surface area contributed by atoms with Crippen molar-refractivity contribution >= 4 is 17.5 Å². The highest BCUT2D eigenvalue weighted by Gasteiger charge is 2.25. The van der Waals surface area contributed by atoms with E-state index in [1.165, 1.54) is 0 Å². The second-order valence-electron chi connectivity index (χ2n) is 6.76. The maximum atomic E-state index is 12.2. The summed E-state index contributed by atoms with van der Waals surface area (Å²) in [4.78, 5) is 14.3. The third-order valence-corrected chi connectivity index (χ3v) is 4.85. The molecule has 0 bridgehead atoms. The van der Waals surface area contributed by atoms with Crippen molar-refractivity contribution < 1.29 is 9.53 Å². The minimum Gasteiger partial charge on any atom is -0.497 e. The lowest BCUT2D eigenvalue weighted by Gasteiger charge is -2.18. The van der Waals surface area contributed by atoms with Gasteiger partial charge in [0.05, 0.1) is 7.11 Å². The highest BCUT2D eigenvalue weighted by atomic mass is 16.5. The van der Waals surface area contributed by atoms with Crippen LogP contribution in [0.5, 0.6) is 5.75 Å². The average molecular weight is 381 g/mol. The van der Waals surface area contributed by atoms with Gasteiger partial charge in [0.25, 0.3) is 0 Å². The fourth-order valence-electron chi connectivity index (χ4n) is 3.32. The van der Waals surface area contributed by atoms with Gasteiger partial charge in [-0.15, -0.1) is 15.3 Å². The van der Waals surface area contributed by atoms with Gasteiger partial charge in [-0.3, -0.25) is 0 Å². The van der Waals surface area contributed by atoms with E-state index in [4.69, 9.17) is 4.74 Å². The number of hydrogen-bond donors (Lipinski definition) is 2. The number of urea groups is 1. The van der Waals surface area contributed by atoms with Crippen LogP contribution in [-0.2, 0) is 6.42 Å². The number of amides is 2. The Morgan fingerprint density at radius 1 is 1.25 bits per heavy atom. The van der Waals surface area contributed by atoms with Crippen LogP contribution in [0.3, 0.4) is 0 Å². The summed E-state index contributed by atoms with van der Waals surface area (Å²) < 4.78 is 6.80. The van der Waals surface area contributed by atoms with Crippen LogP contribution in [0.2, 0.25) is 0 Å². The lowest BCUT2D eigenvalue weighted by Crippen LogP contribution is -2.44. The van der Waals surface area contributed by atoms with E-state index in [9.17, 15) is 4.79 Å². The molecule has 3 heterocycles. The average Bonchev–Trinajstić information content (AvgIpc) is 3.37. The molecule has 4 rings (SSSR count). The molecule has 1 aliphatic heterocycles. The standard InChI is InChI=1S/C19H23N7O2/c1-28-16-4-2-14(3-5-16)8-10-20-19(27)22-15-9-11-25(12-15)18-7-6-17-23-21-13-26(17)24-18/h2-7,13,15H,8-12H2,1H3,(H2,20,22,27). The molecule has 0 radical (unpaired) electrons. The Morgan fingerprint density at radius 2 is 2.11 bits per heavy atom. The molecule has 146 valence electrons. The van der Waals surface area contributed by atoms with Crippen molar-refractivity contribution in [1.29, 1.82) is 0 Å². The zero-order valence-electron chi connectivity index (χ0n) is 15.7. The van der Waals surface area contributed by atoms with Crippen molar-refractivity contribution in [3.8, 4) is 5.75 Å². The molecule has 0 spiro atoms. The van der Waals surface area contributed by atoms with Crippen LogP contribution in [0.25, 0.3) is 5.65 Å². The van der Waals surface area contributed by atoms with Gasteiger partial charge in [0.15, 0.2) is 5.65 Å². The number of carbonyl (C=O) groups excluding carboxylic acids is 1. The molecule has 1 aliphatic rings. The van der Waals surface area contributed by atoms with Gasteiger partial charge in [0.2, 0.25) is 0 Å². The molecule has 28 heavy (non-hydrogen) atoms. The van der Waals surface area contributed by atoms with E-state index in [0.717, 1.165) is 43.1 Å². The fourth-order valence-corrected chi connectivity index (χ4v) is 3.32. The first-order valence-electron chi connectivity index (χ1n) is 9.30. The Morgan fingerprint density at radius 3 is 2.93 bits per heavy atom. The van der Waals surface area contributed by atoms with Gasteiger partial charge >= 0.3 is 6.03 Å². The molecule has 1 atom stereocenters. The number of carbonyl (C=O) groups is 1. The van der Waals surface area contributed by atoms with E-state index in [2.05, 4.69) is 30.8 Å². The molecule has 1 aromatic carbocycles. The van der Waals surface area contributed by atoms with Gasteiger partial charge in [-0.2, -0.15) is 4.52 Å².